The van der Waals surface area contributed by atoms with Gasteiger partial charge in [0.25, 0.3) is 0 Å². The third kappa shape index (κ3) is 3.14. The Hall–Kier alpha value is -1.20. The zero-order valence-corrected chi connectivity index (χ0v) is 11.4. The van der Waals surface area contributed by atoms with Gasteiger partial charge in [-0.05, 0) is 20.4 Å². The summed E-state index contributed by atoms with van der Waals surface area (Å²) in [6, 6.07) is 0. The van der Waals surface area contributed by atoms with Gasteiger partial charge in [0.2, 0.25) is 0 Å². The second-order valence-corrected chi connectivity index (χ2v) is 5.24. The van der Waals surface area contributed by atoms with E-state index in [4.69, 9.17) is 0 Å². The highest BCUT2D eigenvalue weighted by Crippen LogP contribution is 2.13. The van der Waals surface area contributed by atoms with Crippen molar-refractivity contribution in [2.75, 3.05) is 13.6 Å². The van der Waals surface area contributed by atoms with Crippen molar-refractivity contribution in [3.8, 4) is 0 Å². The van der Waals surface area contributed by atoms with Crippen molar-refractivity contribution in [3.05, 3.63) is 34.3 Å². The van der Waals surface area contributed by atoms with Gasteiger partial charge in [-0.15, -0.1) is 11.3 Å². The standard InChI is InChI=1S/C12H18N4S/c1-10-11(17-9-14-10)4-6-15(2)8-12-13-5-7-16(12)3/h5,7,9H,4,6,8H2,1-3H3. The third-order valence-corrected chi connectivity index (χ3v) is 3.89. The Labute approximate surface area is 106 Å². The van der Waals surface area contributed by atoms with E-state index >= 15 is 0 Å². The predicted octanol–water partition coefficient (Wildman–Crippen LogP) is 1.86. The molecule has 0 unspecified atom stereocenters. The molecule has 0 aliphatic carbocycles. The van der Waals surface area contributed by atoms with Gasteiger partial charge in [0.15, 0.2) is 0 Å². The summed E-state index contributed by atoms with van der Waals surface area (Å²) in [5, 5.41) is 0. The molecule has 5 heteroatoms. The predicted molar refractivity (Wildman–Crippen MR) is 70.1 cm³/mol. The van der Waals surface area contributed by atoms with E-state index in [9.17, 15) is 0 Å². The maximum atomic E-state index is 4.33. The number of aryl methyl sites for hydroxylation is 2. The first-order valence-corrected chi connectivity index (χ1v) is 6.58. The number of hydrogen-bond acceptors (Lipinski definition) is 4. The summed E-state index contributed by atoms with van der Waals surface area (Å²) in [7, 11) is 4.16. The van der Waals surface area contributed by atoms with Crippen molar-refractivity contribution in [1.82, 2.24) is 19.4 Å². The maximum absolute atomic E-state index is 4.33. The molecule has 0 atom stereocenters. The minimum Gasteiger partial charge on any atom is -0.337 e. The van der Waals surface area contributed by atoms with Gasteiger partial charge >= 0.3 is 0 Å². The number of thiazole rings is 1. The number of imidazole rings is 1. The molecule has 0 radical (unpaired) electrons. The van der Waals surface area contributed by atoms with Gasteiger partial charge in [0.1, 0.15) is 5.82 Å². The number of likely N-dealkylation sites (N-methyl/N-ethyl adjacent to an activating group) is 1. The monoisotopic (exact) mass is 250 g/mol. The van der Waals surface area contributed by atoms with Crippen LogP contribution in [0.15, 0.2) is 17.9 Å². The highest BCUT2D eigenvalue weighted by Gasteiger charge is 2.06. The lowest BCUT2D eigenvalue weighted by Crippen LogP contribution is -2.22. The summed E-state index contributed by atoms with van der Waals surface area (Å²) in [5.74, 6) is 1.11. The van der Waals surface area contributed by atoms with E-state index in [-0.39, 0.29) is 0 Å². The van der Waals surface area contributed by atoms with Gasteiger partial charge in [0.05, 0.1) is 17.7 Å². The Bertz CT molecular complexity index is 474. The van der Waals surface area contributed by atoms with Crippen LogP contribution in [0.3, 0.4) is 0 Å². The lowest BCUT2D eigenvalue weighted by molar-refractivity contribution is 0.319. The molecule has 0 aliphatic rings. The summed E-state index contributed by atoms with van der Waals surface area (Å²) in [5.41, 5.74) is 3.09. The molecule has 92 valence electrons. The van der Waals surface area contributed by atoms with Gasteiger partial charge in [0, 0.05) is 30.9 Å². The van der Waals surface area contributed by atoms with Crippen LogP contribution in [0.5, 0.6) is 0 Å². The molecule has 2 rings (SSSR count). The highest BCUT2D eigenvalue weighted by molar-refractivity contribution is 7.09. The summed E-state index contributed by atoms with van der Waals surface area (Å²) >= 11 is 1.74. The Morgan fingerprint density at radius 2 is 2.24 bits per heavy atom. The van der Waals surface area contributed by atoms with Crippen molar-refractivity contribution in [2.24, 2.45) is 7.05 Å². The average molecular weight is 250 g/mol. The van der Waals surface area contributed by atoms with Crippen molar-refractivity contribution >= 4 is 11.3 Å². The molecule has 0 bridgehead atoms. The van der Waals surface area contributed by atoms with Gasteiger partial charge in [-0.3, -0.25) is 4.90 Å². The lowest BCUT2D eigenvalue weighted by Gasteiger charge is -2.15. The first-order valence-electron chi connectivity index (χ1n) is 5.70. The van der Waals surface area contributed by atoms with Crippen LogP contribution in [0.1, 0.15) is 16.4 Å². The smallest absolute Gasteiger partial charge is 0.122 e. The molecule has 0 fully saturated rings. The minimum absolute atomic E-state index is 0.890. The van der Waals surface area contributed by atoms with Crippen molar-refractivity contribution < 1.29 is 0 Å². The normalized spacial score (nSPS) is 11.3. The summed E-state index contributed by atoms with van der Waals surface area (Å²) in [6.07, 6.45) is 4.89. The van der Waals surface area contributed by atoms with E-state index < -0.39 is 0 Å². The van der Waals surface area contributed by atoms with Crippen LogP contribution < -0.4 is 0 Å². The lowest BCUT2D eigenvalue weighted by atomic mass is 10.3. The summed E-state index contributed by atoms with van der Waals surface area (Å²) in [4.78, 5) is 12.3. The van der Waals surface area contributed by atoms with E-state index in [1.54, 1.807) is 11.3 Å². The molecule has 0 spiro atoms. The molecule has 2 aromatic rings. The molecular weight excluding hydrogens is 232 g/mol. The zero-order chi connectivity index (χ0) is 12.3. The van der Waals surface area contributed by atoms with E-state index in [1.165, 1.54) is 10.6 Å². The molecule has 0 N–H and O–H groups in total. The zero-order valence-electron chi connectivity index (χ0n) is 10.6. The molecule has 0 aromatic carbocycles. The quantitative estimate of drug-likeness (QED) is 0.812. The van der Waals surface area contributed by atoms with E-state index in [1.807, 2.05) is 25.0 Å². The van der Waals surface area contributed by atoms with Crippen molar-refractivity contribution in [3.63, 3.8) is 0 Å². The molecule has 0 amide bonds. The van der Waals surface area contributed by atoms with Crippen LogP contribution in [0.4, 0.5) is 0 Å². The fourth-order valence-electron chi connectivity index (χ4n) is 1.73. The average Bonchev–Trinajstić information content (AvgIpc) is 2.86. The van der Waals surface area contributed by atoms with Gasteiger partial charge in [-0.25, -0.2) is 9.97 Å². The molecule has 0 saturated carbocycles. The van der Waals surface area contributed by atoms with E-state index in [2.05, 4.69) is 33.4 Å². The number of rotatable bonds is 5. The van der Waals surface area contributed by atoms with E-state index in [0.717, 1.165) is 25.3 Å². The SMILES string of the molecule is Cc1ncsc1CCN(C)Cc1nccn1C. The van der Waals surface area contributed by atoms with Crippen molar-refractivity contribution in [1.29, 1.82) is 0 Å². The number of nitrogens with zero attached hydrogens (tertiary/aromatic N) is 4. The summed E-state index contributed by atoms with van der Waals surface area (Å²) in [6.45, 7) is 4.00. The maximum Gasteiger partial charge on any atom is 0.122 e. The van der Waals surface area contributed by atoms with Gasteiger partial charge in [-0.1, -0.05) is 0 Å². The molecule has 0 saturated heterocycles. The topological polar surface area (TPSA) is 34.0 Å². The Kier molecular flexibility index (Phi) is 3.91. The number of hydrogen-bond donors (Lipinski definition) is 0. The van der Waals surface area contributed by atoms with E-state index in [0.29, 0.717) is 0 Å². The minimum atomic E-state index is 0.890. The fraction of sp³-hybridized carbons (Fsp3) is 0.500. The summed E-state index contributed by atoms with van der Waals surface area (Å²) < 4.78 is 2.06. The molecular formula is C12H18N4S. The largest absolute Gasteiger partial charge is 0.337 e. The molecule has 0 aliphatic heterocycles. The highest BCUT2D eigenvalue weighted by atomic mass is 32.1. The molecule has 2 aromatic heterocycles. The van der Waals surface area contributed by atoms with Crippen LogP contribution in [-0.4, -0.2) is 33.0 Å². The first-order chi connectivity index (χ1) is 8.16. The van der Waals surface area contributed by atoms with Crippen LogP contribution in [0.25, 0.3) is 0 Å². The third-order valence-electron chi connectivity index (χ3n) is 2.90. The van der Waals surface area contributed by atoms with Gasteiger partial charge < -0.3 is 4.57 Å². The fourth-order valence-corrected chi connectivity index (χ4v) is 2.50. The van der Waals surface area contributed by atoms with Crippen molar-refractivity contribution in [2.45, 2.75) is 19.9 Å². The van der Waals surface area contributed by atoms with Crippen LogP contribution in [0.2, 0.25) is 0 Å². The second kappa shape index (κ2) is 5.42. The first kappa shape index (κ1) is 12.3. The number of aromatic nitrogens is 3. The Morgan fingerprint density at radius 3 is 2.82 bits per heavy atom. The molecule has 4 nitrogen and oxygen atoms in total. The van der Waals surface area contributed by atoms with Gasteiger partial charge in [-0.2, -0.15) is 0 Å². The Morgan fingerprint density at radius 1 is 1.41 bits per heavy atom. The molecule has 2 heterocycles. The Balaban J connectivity index is 1.84. The second-order valence-electron chi connectivity index (χ2n) is 4.30. The van der Waals surface area contributed by atoms with Crippen LogP contribution >= 0.6 is 11.3 Å². The van der Waals surface area contributed by atoms with Crippen LogP contribution in [-0.2, 0) is 20.0 Å². The van der Waals surface area contributed by atoms with Crippen LogP contribution in [0, 0.1) is 6.92 Å². The molecule has 17 heavy (non-hydrogen) atoms.